The summed E-state index contributed by atoms with van der Waals surface area (Å²) >= 11 is 0. The van der Waals surface area contributed by atoms with Gasteiger partial charge in [-0.1, -0.05) is 12.1 Å². The number of hydrogen-bond acceptors (Lipinski definition) is 7. The molecule has 4 aromatic heterocycles. The van der Waals surface area contributed by atoms with Crippen LogP contribution in [-0.4, -0.2) is 57.7 Å². The van der Waals surface area contributed by atoms with E-state index >= 15 is 0 Å². The van der Waals surface area contributed by atoms with Gasteiger partial charge >= 0.3 is 0 Å². The van der Waals surface area contributed by atoms with Gasteiger partial charge in [0.25, 0.3) is 11.1 Å². The van der Waals surface area contributed by atoms with Crippen molar-refractivity contribution in [1.29, 1.82) is 0 Å². The highest BCUT2D eigenvalue weighted by Crippen LogP contribution is 2.36. The number of nitrogens with one attached hydrogen (secondary N) is 1. The van der Waals surface area contributed by atoms with Gasteiger partial charge in [-0.25, -0.2) is 19.0 Å². The molecule has 1 aromatic carbocycles. The SMILES string of the molecule is C=CCn1c(=O)c2cnc(Nc3ccc4c(C5CCN(C(C)C)CC5)cn(C)c4c3)nc2n1-c1ccc(=O)n(C(C)C)n1. The molecule has 5 aromatic rings. The molecule has 1 aliphatic rings. The number of aryl methyl sites for hydroxylation is 1. The van der Waals surface area contributed by atoms with E-state index in [-0.39, 0.29) is 23.7 Å². The Bertz CT molecular complexity index is 1930. The molecule has 43 heavy (non-hydrogen) atoms. The molecule has 0 saturated carbocycles. The Morgan fingerprint density at radius 1 is 1.05 bits per heavy atom. The third-order valence-electron chi connectivity index (χ3n) is 8.47. The highest BCUT2D eigenvalue weighted by atomic mass is 16.1. The fourth-order valence-corrected chi connectivity index (χ4v) is 6.18. The normalized spacial score (nSPS) is 14.9. The predicted molar refractivity (Wildman–Crippen MR) is 171 cm³/mol. The molecule has 6 rings (SSSR count). The molecular formula is C32H39N9O2. The topological polar surface area (TPSA) is 108 Å². The van der Waals surface area contributed by atoms with Crippen LogP contribution >= 0.6 is 0 Å². The van der Waals surface area contributed by atoms with Crippen LogP contribution in [0, 0.1) is 0 Å². The largest absolute Gasteiger partial charge is 0.350 e. The Labute approximate surface area is 250 Å². The minimum absolute atomic E-state index is 0.151. The van der Waals surface area contributed by atoms with Crippen LogP contribution in [0.25, 0.3) is 27.8 Å². The maximum absolute atomic E-state index is 13.3. The first-order chi connectivity index (χ1) is 20.7. The van der Waals surface area contributed by atoms with E-state index in [1.165, 1.54) is 45.4 Å². The van der Waals surface area contributed by atoms with Gasteiger partial charge in [0.2, 0.25) is 5.95 Å². The Morgan fingerprint density at radius 3 is 2.51 bits per heavy atom. The molecule has 224 valence electrons. The second-order valence-electron chi connectivity index (χ2n) is 11.9. The highest BCUT2D eigenvalue weighted by molar-refractivity contribution is 5.88. The molecule has 0 bridgehead atoms. The fourth-order valence-electron chi connectivity index (χ4n) is 6.18. The maximum Gasteiger partial charge on any atom is 0.278 e. The standard InChI is InChI=1S/C32H39N9O2/c1-7-14-39-31(43)25-18-33-32(35-30(25)41(39)28-10-11-29(42)40(36-28)21(4)5)34-23-8-9-24-26(19-37(6)27(24)17-23)22-12-15-38(16-13-22)20(2)3/h7-11,17-22H,1,12-16H2,2-6H3,(H,33,34,35). The third kappa shape index (κ3) is 5.18. The summed E-state index contributed by atoms with van der Waals surface area (Å²) in [4.78, 5) is 37.5. The molecule has 0 radical (unpaired) electrons. The van der Waals surface area contributed by atoms with Crippen LogP contribution in [0.4, 0.5) is 11.6 Å². The van der Waals surface area contributed by atoms with Crippen molar-refractivity contribution in [1.82, 2.24) is 38.6 Å². The molecule has 5 heterocycles. The van der Waals surface area contributed by atoms with Crippen molar-refractivity contribution in [3.8, 4) is 5.82 Å². The molecule has 0 spiro atoms. The average Bonchev–Trinajstić information content (AvgIpc) is 3.46. The first-order valence-corrected chi connectivity index (χ1v) is 15.0. The summed E-state index contributed by atoms with van der Waals surface area (Å²) in [7, 11) is 2.09. The number of piperidine rings is 1. The van der Waals surface area contributed by atoms with E-state index in [4.69, 9.17) is 4.98 Å². The quantitative estimate of drug-likeness (QED) is 0.264. The molecule has 1 saturated heterocycles. The van der Waals surface area contributed by atoms with Gasteiger partial charge in [0.05, 0.1) is 18.1 Å². The Morgan fingerprint density at radius 2 is 1.81 bits per heavy atom. The van der Waals surface area contributed by atoms with Crippen LogP contribution in [0.2, 0.25) is 0 Å². The zero-order chi connectivity index (χ0) is 30.4. The van der Waals surface area contributed by atoms with Gasteiger partial charge in [0.15, 0.2) is 11.5 Å². The maximum atomic E-state index is 13.3. The summed E-state index contributed by atoms with van der Waals surface area (Å²) in [6, 6.07) is 9.84. The summed E-state index contributed by atoms with van der Waals surface area (Å²) in [5.41, 5.74) is 3.31. The van der Waals surface area contributed by atoms with Gasteiger partial charge in [-0.3, -0.25) is 9.59 Å². The first-order valence-electron chi connectivity index (χ1n) is 15.0. The average molecular weight is 582 g/mol. The Kier molecular flexibility index (Phi) is 7.51. The van der Waals surface area contributed by atoms with Crippen molar-refractivity contribution in [2.24, 2.45) is 7.05 Å². The summed E-state index contributed by atoms with van der Waals surface area (Å²) in [6.07, 6.45) is 7.78. The van der Waals surface area contributed by atoms with Crippen molar-refractivity contribution in [3.05, 3.63) is 81.7 Å². The smallest absolute Gasteiger partial charge is 0.278 e. The predicted octanol–water partition coefficient (Wildman–Crippen LogP) is 4.73. The summed E-state index contributed by atoms with van der Waals surface area (Å²) in [6.45, 7) is 14.6. The molecule has 11 nitrogen and oxygen atoms in total. The van der Waals surface area contributed by atoms with Gasteiger partial charge in [-0.15, -0.1) is 11.7 Å². The molecule has 0 unspecified atom stereocenters. The van der Waals surface area contributed by atoms with E-state index in [2.05, 4.69) is 76.7 Å². The number of benzene rings is 1. The molecule has 1 N–H and O–H groups in total. The Hall–Kier alpha value is -4.51. The number of hydrogen-bond donors (Lipinski definition) is 1. The fraction of sp³-hybridized carbons (Fsp3) is 0.406. The lowest BCUT2D eigenvalue weighted by Gasteiger charge is -2.34. The zero-order valence-corrected chi connectivity index (χ0v) is 25.5. The molecular weight excluding hydrogens is 542 g/mol. The number of fused-ring (bicyclic) bond motifs is 2. The number of likely N-dealkylation sites (tertiary alicyclic amines) is 1. The zero-order valence-electron chi connectivity index (χ0n) is 25.5. The van der Waals surface area contributed by atoms with Crippen molar-refractivity contribution in [2.45, 2.75) is 65.1 Å². The number of aromatic nitrogens is 7. The van der Waals surface area contributed by atoms with Gasteiger partial charge in [-0.2, -0.15) is 4.98 Å². The summed E-state index contributed by atoms with van der Waals surface area (Å²) in [5, 5.41) is 9.51. The molecule has 1 aliphatic heterocycles. The number of allylic oxidation sites excluding steroid dienone is 1. The van der Waals surface area contributed by atoms with Crippen LogP contribution in [-0.2, 0) is 13.6 Å². The lowest BCUT2D eigenvalue weighted by atomic mass is 9.89. The van der Waals surface area contributed by atoms with E-state index in [1.54, 1.807) is 16.8 Å². The lowest BCUT2D eigenvalue weighted by Crippen LogP contribution is -2.37. The van der Waals surface area contributed by atoms with Crippen molar-refractivity contribution in [2.75, 3.05) is 18.4 Å². The minimum atomic E-state index is -0.262. The summed E-state index contributed by atoms with van der Waals surface area (Å²) < 4.78 is 6.71. The van der Waals surface area contributed by atoms with Gasteiger partial charge in [0.1, 0.15) is 5.39 Å². The van der Waals surface area contributed by atoms with Crippen LogP contribution in [0.5, 0.6) is 0 Å². The van der Waals surface area contributed by atoms with E-state index < -0.39 is 0 Å². The number of anilines is 2. The van der Waals surface area contributed by atoms with Gasteiger partial charge in [0, 0.05) is 42.6 Å². The second-order valence-corrected chi connectivity index (χ2v) is 11.9. The van der Waals surface area contributed by atoms with Gasteiger partial charge < -0.3 is 14.8 Å². The Balaban J connectivity index is 1.36. The van der Waals surface area contributed by atoms with Crippen LogP contribution in [0.15, 0.2) is 65.0 Å². The first kappa shape index (κ1) is 28.6. The number of nitrogens with zero attached hydrogens (tertiary/aromatic N) is 8. The minimum Gasteiger partial charge on any atom is -0.350 e. The van der Waals surface area contributed by atoms with E-state index in [0.29, 0.717) is 34.8 Å². The molecule has 0 atom stereocenters. The van der Waals surface area contributed by atoms with Crippen LogP contribution in [0.1, 0.15) is 58.1 Å². The lowest BCUT2D eigenvalue weighted by molar-refractivity contribution is 0.172. The molecule has 1 fully saturated rings. The molecule has 11 heteroatoms. The highest BCUT2D eigenvalue weighted by Gasteiger charge is 2.25. The van der Waals surface area contributed by atoms with Crippen molar-refractivity contribution in [3.63, 3.8) is 0 Å². The van der Waals surface area contributed by atoms with E-state index in [9.17, 15) is 9.59 Å². The second kappa shape index (κ2) is 11.3. The van der Waals surface area contributed by atoms with Crippen LogP contribution in [0.3, 0.4) is 0 Å². The van der Waals surface area contributed by atoms with Crippen molar-refractivity contribution < 1.29 is 0 Å². The van der Waals surface area contributed by atoms with E-state index in [1.807, 2.05) is 13.8 Å². The number of rotatable bonds is 8. The van der Waals surface area contributed by atoms with E-state index in [0.717, 1.165) is 24.3 Å². The summed E-state index contributed by atoms with van der Waals surface area (Å²) in [5.74, 6) is 1.31. The van der Waals surface area contributed by atoms with Crippen molar-refractivity contribution >= 4 is 33.6 Å². The monoisotopic (exact) mass is 581 g/mol. The van der Waals surface area contributed by atoms with Gasteiger partial charge in [-0.05, 0) is 83.3 Å². The van der Waals surface area contributed by atoms with Crippen LogP contribution < -0.4 is 16.4 Å². The molecule has 0 aliphatic carbocycles. The third-order valence-corrected chi connectivity index (χ3v) is 8.47. The molecule has 0 amide bonds.